The van der Waals surface area contributed by atoms with E-state index in [4.69, 9.17) is 0 Å². The van der Waals surface area contributed by atoms with Crippen LogP contribution in [0.3, 0.4) is 0 Å². The number of fused-ring (bicyclic) bond motifs is 1. The minimum absolute atomic E-state index is 0.285. The summed E-state index contributed by atoms with van der Waals surface area (Å²) < 4.78 is 0. The van der Waals surface area contributed by atoms with E-state index in [9.17, 15) is 9.59 Å². The Morgan fingerprint density at radius 2 is 1.94 bits per heavy atom. The zero-order valence-electron chi connectivity index (χ0n) is 9.31. The van der Waals surface area contributed by atoms with Crippen LogP contribution in [0.4, 0.5) is 0 Å². The number of aromatic amines is 2. The van der Waals surface area contributed by atoms with Crippen molar-refractivity contribution in [1.29, 1.82) is 0 Å². The van der Waals surface area contributed by atoms with Gasteiger partial charge >= 0.3 is 0 Å². The molecule has 0 radical (unpaired) electrons. The molecule has 0 saturated heterocycles. The van der Waals surface area contributed by atoms with Crippen molar-refractivity contribution in [3.63, 3.8) is 0 Å². The minimum Gasteiger partial charge on any atom is -0.355 e. The first-order valence-electron chi connectivity index (χ1n) is 5.41. The van der Waals surface area contributed by atoms with Crippen LogP contribution in [0.5, 0.6) is 0 Å². The lowest BCUT2D eigenvalue weighted by Crippen LogP contribution is -2.09. The van der Waals surface area contributed by atoms with Gasteiger partial charge in [-0.25, -0.2) is 4.98 Å². The average molecular weight is 239 g/mol. The highest BCUT2D eigenvalue weighted by Crippen LogP contribution is 2.16. The highest BCUT2D eigenvalue weighted by atomic mass is 16.1. The van der Waals surface area contributed by atoms with Crippen molar-refractivity contribution < 1.29 is 4.79 Å². The highest BCUT2D eigenvalue weighted by Gasteiger charge is 2.10. The van der Waals surface area contributed by atoms with E-state index in [1.807, 2.05) is 30.3 Å². The molecule has 1 aromatic carbocycles. The molecule has 18 heavy (non-hydrogen) atoms. The van der Waals surface area contributed by atoms with Crippen LogP contribution in [-0.2, 0) is 0 Å². The summed E-state index contributed by atoms with van der Waals surface area (Å²) in [6.07, 6.45) is 2.16. The molecule has 0 aliphatic rings. The number of aromatic nitrogens is 3. The summed E-state index contributed by atoms with van der Waals surface area (Å²) in [6, 6.07) is 9.29. The lowest BCUT2D eigenvalue weighted by Gasteiger charge is -2.00. The quantitative estimate of drug-likeness (QED) is 0.668. The molecule has 2 aromatic heterocycles. The Kier molecular flexibility index (Phi) is 2.30. The Labute approximate surface area is 102 Å². The van der Waals surface area contributed by atoms with E-state index in [1.165, 1.54) is 6.20 Å². The van der Waals surface area contributed by atoms with E-state index in [2.05, 4.69) is 15.0 Å². The topological polar surface area (TPSA) is 78.6 Å². The average Bonchev–Trinajstić information content (AvgIpc) is 2.83. The minimum atomic E-state index is -0.285. The molecule has 2 heterocycles. The number of benzene rings is 1. The van der Waals surface area contributed by atoms with Gasteiger partial charge in [-0.15, -0.1) is 0 Å². The molecule has 3 rings (SSSR count). The third-order valence-corrected chi connectivity index (χ3v) is 2.74. The maximum absolute atomic E-state index is 11.9. The molecule has 0 spiro atoms. The van der Waals surface area contributed by atoms with Crippen molar-refractivity contribution in [3.8, 4) is 11.4 Å². The Hall–Kier alpha value is -2.69. The number of carbonyl (C=O) groups excluding carboxylic acids is 1. The van der Waals surface area contributed by atoms with Crippen molar-refractivity contribution in [3.05, 3.63) is 52.4 Å². The molecule has 5 heteroatoms. The summed E-state index contributed by atoms with van der Waals surface area (Å²) in [4.78, 5) is 32.5. The van der Waals surface area contributed by atoms with Crippen LogP contribution >= 0.6 is 0 Å². The van der Waals surface area contributed by atoms with Gasteiger partial charge in [-0.3, -0.25) is 9.59 Å². The highest BCUT2D eigenvalue weighted by molar-refractivity contribution is 5.94. The van der Waals surface area contributed by atoms with Crippen molar-refractivity contribution >= 4 is 17.3 Å². The molecule has 2 N–H and O–H groups in total. The van der Waals surface area contributed by atoms with Gasteiger partial charge in [-0.05, 0) is 0 Å². The Morgan fingerprint density at radius 3 is 2.67 bits per heavy atom. The van der Waals surface area contributed by atoms with Crippen LogP contribution in [0.1, 0.15) is 10.4 Å². The Morgan fingerprint density at radius 1 is 1.17 bits per heavy atom. The van der Waals surface area contributed by atoms with Gasteiger partial charge < -0.3 is 9.97 Å². The molecule has 0 aliphatic carbocycles. The van der Waals surface area contributed by atoms with E-state index in [1.54, 1.807) is 0 Å². The summed E-state index contributed by atoms with van der Waals surface area (Å²) >= 11 is 0. The fraction of sp³-hybridized carbons (Fsp3) is 0. The van der Waals surface area contributed by atoms with Crippen LogP contribution < -0.4 is 5.56 Å². The maximum atomic E-state index is 11.9. The molecule has 0 fully saturated rings. The molecule has 3 aromatic rings. The third kappa shape index (κ3) is 1.53. The van der Waals surface area contributed by atoms with Crippen LogP contribution in [-0.4, -0.2) is 21.2 Å². The van der Waals surface area contributed by atoms with Gasteiger partial charge in [0, 0.05) is 11.8 Å². The first-order valence-corrected chi connectivity index (χ1v) is 5.41. The van der Waals surface area contributed by atoms with E-state index in [0.29, 0.717) is 28.7 Å². The van der Waals surface area contributed by atoms with Gasteiger partial charge in [-0.2, -0.15) is 0 Å². The van der Waals surface area contributed by atoms with Gasteiger partial charge in [0.15, 0.2) is 6.29 Å². The molecule has 0 amide bonds. The lowest BCUT2D eigenvalue weighted by atomic mass is 10.2. The third-order valence-electron chi connectivity index (χ3n) is 2.74. The molecule has 0 aliphatic heterocycles. The smallest absolute Gasteiger partial charge is 0.275 e. The standard InChI is InChI=1S/C13H9N3O2/c17-7-9-6-14-11-10(9)15-12(16-13(11)18)8-4-2-1-3-5-8/h1-7,14H,(H,15,16,18). The predicted octanol–water partition coefficient (Wildman–Crippen LogP) is 1.73. The van der Waals surface area contributed by atoms with Gasteiger partial charge in [-0.1, -0.05) is 30.3 Å². The summed E-state index contributed by atoms with van der Waals surface area (Å²) in [5.74, 6) is 0.454. The monoisotopic (exact) mass is 239 g/mol. The van der Waals surface area contributed by atoms with Crippen molar-refractivity contribution in [2.24, 2.45) is 0 Å². The maximum Gasteiger partial charge on any atom is 0.275 e. The first-order chi connectivity index (χ1) is 8.79. The van der Waals surface area contributed by atoms with Crippen LogP contribution in [0.25, 0.3) is 22.4 Å². The summed E-state index contributed by atoms with van der Waals surface area (Å²) in [6.45, 7) is 0. The largest absolute Gasteiger partial charge is 0.355 e. The van der Waals surface area contributed by atoms with E-state index in [0.717, 1.165) is 5.56 Å². The number of hydrogen-bond donors (Lipinski definition) is 2. The molecule has 0 unspecified atom stereocenters. The number of nitrogens with one attached hydrogen (secondary N) is 2. The lowest BCUT2D eigenvalue weighted by molar-refractivity contribution is 0.112. The summed E-state index contributed by atoms with van der Waals surface area (Å²) in [5.41, 5.74) is 1.61. The van der Waals surface area contributed by atoms with Gasteiger partial charge in [0.25, 0.3) is 5.56 Å². The van der Waals surface area contributed by atoms with E-state index < -0.39 is 0 Å². The van der Waals surface area contributed by atoms with Gasteiger partial charge in [0.05, 0.1) is 5.56 Å². The van der Waals surface area contributed by atoms with Crippen LogP contribution in [0.2, 0.25) is 0 Å². The molecular weight excluding hydrogens is 230 g/mol. The van der Waals surface area contributed by atoms with Crippen molar-refractivity contribution in [1.82, 2.24) is 15.0 Å². The van der Waals surface area contributed by atoms with Crippen molar-refractivity contribution in [2.75, 3.05) is 0 Å². The van der Waals surface area contributed by atoms with Crippen LogP contribution in [0, 0.1) is 0 Å². The normalized spacial score (nSPS) is 10.7. The molecular formula is C13H9N3O2. The Balaban J connectivity index is 2.32. The zero-order chi connectivity index (χ0) is 12.5. The fourth-order valence-corrected chi connectivity index (χ4v) is 1.86. The van der Waals surface area contributed by atoms with Crippen LogP contribution in [0.15, 0.2) is 41.3 Å². The molecule has 0 saturated carbocycles. The number of carbonyl (C=O) groups is 1. The van der Waals surface area contributed by atoms with Gasteiger partial charge in [0.2, 0.25) is 0 Å². The summed E-state index contributed by atoms with van der Waals surface area (Å²) in [5, 5.41) is 0. The molecule has 0 atom stereocenters. The fourth-order valence-electron chi connectivity index (χ4n) is 1.86. The first kappa shape index (κ1) is 10.5. The molecule has 88 valence electrons. The molecule has 0 bridgehead atoms. The second-order valence-corrected chi connectivity index (χ2v) is 3.87. The second-order valence-electron chi connectivity index (χ2n) is 3.87. The number of nitrogens with zero attached hydrogens (tertiary/aromatic N) is 1. The van der Waals surface area contributed by atoms with Crippen molar-refractivity contribution in [2.45, 2.75) is 0 Å². The SMILES string of the molecule is O=Cc1c[nH]c2c(=O)[nH]c(-c3ccccc3)nc12. The Bertz CT molecular complexity index is 772. The van der Waals surface area contributed by atoms with Gasteiger partial charge in [0.1, 0.15) is 16.9 Å². The number of rotatable bonds is 2. The van der Waals surface area contributed by atoms with E-state index >= 15 is 0 Å². The summed E-state index contributed by atoms with van der Waals surface area (Å²) in [7, 11) is 0. The number of H-pyrrole nitrogens is 2. The predicted molar refractivity (Wildman–Crippen MR) is 67.5 cm³/mol. The number of aldehydes is 1. The molecule has 5 nitrogen and oxygen atoms in total. The second kappa shape index (κ2) is 3.96. The zero-order valence-corrected chi connectivity index (χ0v) is 9.31. The number of hydrogen-bond acceptors (Lipinski definition) is 3. The van der Waals surface area contributed by atoms with E-state index in [-0.39, 0.29) is 5.56 Å².